The van der Waals surface area contributed by atoms with E-state index in [-0.39, 0.29) is 12.4 Å². The monoisotopic (exact) mass is 470 g/mol. The van der Waals surface area contributed by atoms with Gasteiger partial charge in [-0.05, 0) is 48.2 Å². The van der Waals surface area contributed by atoms with Gasteiger partial charge in [-0.15, -0.1) is 5.10 Å². The van der Waals surface area contributed by atoms with Crippen LogP contribution in [0.4, 0.5) is 10.6 Å². The topological polar surface area (TPSA) is 95.3 Å². The van der Waals surface area contributed by atoms with Crippen molar-refractivity contribution in [2.75, 3.05) is 11.9 Å². The molecule has 1 N–H and O–H groups in total. The first kappa shape index (κ1) is 23.7. The smallest absolute Gasteiger partial charge is 0.413 e. The number of hydrogen-bond donors (Lipinski definition) is 1. The van der Waals surface area contributed by atoms with Gasteiger partial charge in [-0.2, -0.15) is 4.68 Å². The number of carbonyl (C=O) groups is 2. The average molecular weight is 471 g/mol. The van der Waals surface area contributed by atoms with Crippen LogP contribution in [0.25, 0.3) is 16.8 Å². The second-order valence-corrected chi connectivity index (χ2v) is 7.84. The molecule has 0 saturated carbocycles. The lowest BCUT2D eigenvalue weighted by Crippen LogP contribution is -2.18. The van der Waals surface area contributed by atoms with Gasteiger partial charge in [0, 0.05) is 0 Å². The molecule has 4 aromatic rings. The Hall–Kier alpha value is -4.46. The third kappa shape index (κ3) is 6.11. The summed E-state index contributed by atoms with van der Waals surface area (Å²) in [5.74, 6) is 0.159. The van der Waals surface area contributed by atoms with Crippen molar-refractivity contribution in [3.63, 3.8) is 0 Å². The number of aromatic nitrogens is 3. The first-order valence-corrected chi connectivity index (χ1v) is 11.3. The molecule has 0 spiro atoms. The van der Waals surface area contributed by atoms with Crippen LogP contribution in [0, 0.1) is 0 Å². The van der Waals surface area contributed by atoms with Crippen molar-refractivity contribution in [2.24, 2.45) is 0 Å². The molecular weight excluding hydrogens is 444 g/mol. The number of esters is 1. The number of anilines is 1. The Balaban J connectivity index is 1.41. The Morgan fingerprint density at radius 2 is 1.60 bits per heavy atom. The van der Waals surface area contributed by atoms with E-state index in [0.29, 0.717) is 12.4 Å². The van der Waals surface area contributed by atoms with Crippen LogP contribution < -0.4 is 5.32 Å². The molecule has 178 valence electrons. The summed E-state index contributed by atoms with van der Waals surface area (Å²) < 4.78 is 12.0. The molecule has 8 heteroatoms. The SMILES string of the molecule is CCOC(=O)Cc1ccc(-c2ccc(-n3nncc3NC(=O)O[C@H](C)c3ccccc3)cc2)cc1. The maximum Gasteiger partial charge on any atom is 0.413 e. The highest BCUT2D eigenvalue weighted by atomic mass is 16.6. The van der Waals surface area contributed by atoms with E-state index in [4.69, 9.17) is 9.47 Å². The number of nitrogens with zero attached hydrogens (tertiary/aromatic N) is 3. The predicted octanol–water partition coefficient (Wildman–Crippen LogP) is 5.35. The van der Waals surface area contributed by atoms with Gasteiger partial charge < -0.3 is 9.47 Å². The van der Waals surface area contributed by atoms with E-state index < -0.39 is 12.2 Å². The van der Waals surface area contributed by atoms with Gasteiger partial charge in [0.25, 0.3) is 0 Å². The lowest BCUT2D eigenvalue weighted by Gasteiger charge is -2.14. The van der Waals surface area contributed by atoms with E-state index in [9.17, 15) is 9.59 Å². The number of benzene rings is 3. The molecule has 0 radical (unpaired) electrons. The minimum absolute atomic E-state index is 0.236. The molecule has 3 aromatic carbocycles. The number of nitrogens with one attached hydrogen (secondary N) is 1. The molecule has 0 aliphatic rings. The highest BCUT2D eigenvalue weighted by molar-refractivity contribution is 5.83. The van der Waals surface area contributed by atoms with Gasteiger partial charge in [0.15, 0.2) is 5.82 Å². The van der Waals surface area contributed by atoms with Crippen LogP contribution in [0.15, 0.2) is 85.1 Å². The van der Waals surface area contributed by atoms with E-state index in [1.807, 2.05) is 85.8 Å². The van der Waals surface area contributed by atoms with Gasteiger partial charge in [0.2, 0.25) is 0 Å². The summed E-state index contributed by atoms with van der Waals surface area (Å²) in [4.78, 5) is 24.1. The third-order valence-corrected chi connectivity index (χ3v) is 5.39. The normalized spacial score (nSPS) is 11.5. The molecular formula is C27H26N4O4. The Labute approximate surface area is 203 Å². The van der Waals surface area contributed by atoms with Gasteiger partial charge >= 0.3 is 12.1 Å². The Morgan fingerprint density at radius 1 is 0.943 bits per heavy atom. The van der Waals surface area contributed by atoms with Crippen LogP contribution in [0.1, 0.15) is 31.1 Å². The van der Waals surface area contributed by atoms with Crippen molar-refractivity contribution in [1.82, 2.24) is 15.0 Å². The Kier molecular flexibility index (Phi) is 7.52. The van der Waals surface area contributed by atoms with E-state index in [2.05, 4.69) is 15.6 Å². The maximum atomic E-state index is 12.4. The molecule has 35 heavy (non-hydrogen) atoms. The summed E-state index contributed by atoms with van der Waals surface area (Å²) in [6, 6.07) is 25.0. The molecule has 0 aliphatic heterocycles. The van der Waals surface area contributed by atoms with E-state index in [0.717, 1.165) is 27.9 Å². The summed E-state index contributed by atoms with van der Waals surface area (Å²) in [7, 11) is 0. The summed E-state index contributed by atoms with van der Waals surface area (Å²) in [5.41, 5.74) is 4.55. The molecule has 1 heterocycles. The molecule has 0 unspecified atom stereocenters. The van der Waals surface area contributed by atoms with Gasteiger partial charge in [-0.3, -0.25) is 10.1 Å². The van der Waals surface area contributed by atoms with Crippen LogP contribution in [0.2, 0.25) is 0 Å². The second-order valence-electron chi connectivity index (χ2n) is 7.84. The van der Waals surface area contributed by atoms with E-state index >= 15 is 0 Å². The van der Waals surface area contributed by atoms with Crippen molar-refractivity contribution < 1.29 is 19.1 Å². The standard InChI is InChI=1S/C27H26N4O4/c1-3-34-26(32)17-20-9-11-22(12-10-20)23-13-15-24(16-14-23)31-25(18-28-30-31)29-27(33)35-19(2)21-7-5-4-6-8-21/h4-16,18-19H,3,17H2,1-2H3,(H,29,33)/t19-/m1/s1. The Morgan fingerprint density at radius 3 is 2.26 bits per heavy atom. The fraction of sp³-hybridized carbons (Fsp3) is 0.185. The van der Waals surface area contributed by atoms with Gasteiger partial charge in [-0.1, -0.05) is 71.9 Å². The molecule has 8 nitrogen and oxygen atoms in total. The number of rotatable bonds is 8. The zero-order chi connectivity index (χ0) is 24.6. The fourth-order valence-corrected chi connectivity index (χ4v) is 3.59. The number of ether oxygens (including phenoxy) is 2. The van der Waals surface area contributed by atoms with Crippen LogP contribution in [-0.4, -0.2) is 33.7 Å². The van der Waals surface area contributed by atoms with Crippen molar-refractivity contribution in [1.29, 1.82) is 0 Å². The van der Waals surface area contributed by atoms with Crippen LogP contribution >= 0.6 is 0 Å². The first-order valence-electron chi connectivity index (χ1n) is 11.3. The minimum Gasteiger partial charge on any atom is -0.466 e. The summed E-state index contributed by atoms with van der Waals surface area (Å²) in [6.07, 6.45) is 0.722. The molecule has 1 amide bonds. The number of hydrogen-bond acceptors (Lipinski definition) is 6. The molecule has 1 aromatic heterocycles. The number of amides is 1. The predicted molar refractivity (Wildman–Crippen MR) is 132 cm³/mol. The van der Waals surface area contributed by atoms with E-state index in [1.165, 1.54) is 10.9 Å². The molecule has 0 fully saturated rings. The third-order valence-electron chi connectivity index (χ3n) is 5.39. The van der Waals surface area contributed by atoms with Gasteiger partial charge in [0.05, 0.1) is 24.9 Å². The summed E-state index contributed by atoms with van der Waals surface area (Å²) >= 11 is 0. The van der Waals surface area contributed by atoms with Crippen LogP contribution in [0.3, 0.4) is 0 Å². The lowest BCUT2D eigenvalue weighted by atomic mass is 10.0. The fourth-order valence-electron chi connectivity index (χ4n) is 3.59. The van der Waals surface area contributed by atoms with Gasteiger partial charge in [0.1, 0.15) is 6.10 Å². The van der Waals surface area contributed by atoms with Crippen molar-refractivity contribution in [2.45, 2.75) is 26.4 Å². The van der Waals surface area contributed by atoms with Crippen molar-refractivity contribution >= 4 is 17.9 Å². The van der Waals surface area contributed by atoms with Crippen LogP contribution in [0.5, 0.6) is 0 Å². The van der Waals surface area contributed by atoms with Crippen molar-refractivity contribution in [3.05, 3.63) is 96.2 Å². The quantitative estimate of drug-likeness (QED) is 0.349. The molecule has 1 atom stereocenters. The lowest BCUT2D eigenvalue weighted by molar-refractivity contribution is -0.142. The summed E-state index contributed by atoms with van der Waals surface area (Å²) in [5, 5.41) is 10.7. The Bertz CT molecular complexity index is 1270. The molecule has 0 bridgehead atoms. The second kappa shape index (κ2) is 11.1. The van der Waals surface area contributed by atoms with E-state index in [1.54, 1.807) is 6.92 Å². The van der Waals surface area contributed by atoms with Gasteiger partial charge in [-0.25, -0.2) is 4.79 Å². The largest absolute Gasteiger partial charge is 0.466 e. The molecule has 0 aliphatic carbocycles. The first-order chi connectivity index (χ1) is 17.0. The molecule has 4 rings (SSSR count). The maximum absolute atomic E-state index is 12.4. The zero-order valence-electron chi connectivity index (χ0n) is 19.5. The summed E-state index contributed by atoms with van der Waals surface area (Å²) in [6.45, 7) is 3.98. The molecule has 0 saturated heterocycles. The van der Waals surface area contributed by atoms with Crippen molar-refractivity contribution in [3.8, 4) is 16.8 Å². The zero-order valence-corrected chi connectivity index (χ0v) is 19.5. The highest BCUT2D eigenvalue weighted by Crippen LogP contribution is 2.23. The average Bonchev–Trinajstić information content (AvgIpc) is 3.33. The number of carbonyl (C=O) groups excluding carboxylic acids is 2. The van der Waals surface area contributed by atoms with Crippen LogP contribution in [-0.2, 0) is 20.7 Å². The highest BCUT2D eigenvalue weighted by Gasteiger charge is 2.15. The minimum atomic E-state index is -0.593.